The van der Waals surface area contributed by atoms with Crippen molar-refractivity contribution in [3.8, 4) is 5.75 Å². The zero-order chi connectivity index (χ0) is 10.4. The molecule has 74 valence electrons. The fourth-order valence-electron chi connectivity index (χ4n) is 0.987. The van der Waals surface area contributed by atoms with Gasteiger partial charge in [0.1, 0.15) is 11.4 Å². The molecule has 0 aliphatic carbocycles. The highest BCUT2D eigenvalue weighted by atomic mass is 16.5. The third-order valence-corrected chi connectivity index (χ3v) is 1.61. The minimum absolute atomic E-state index is 0.208. The standard InChI is InChI=1S/C10H12N2O2/c1-14-9-5-3-7-12-8(9)4-2-6-10(11)13/h2-5,7H,6H2,1H3,(H2,11,13). The molecule has 0 atom stereocenters. The van der Waals surface area contributed by atoms with Crippen LogP contribution in [0.25, 0.3) is 6.08 Å². The van der Waals surface area contributed by atoms with E-state index in [1.54, 1.807) is 37.6 Å². The topological polar surface area (TPSA) is 65.2 Å². The van der Waals surface area contributed by atoms with E-state index in [9.17, 15) is 4.79 Å². The van der Waals surface area contributed by atoms with Crippen LogP contribution in [0.5, 0.6) is 5.75 Å². The minimum Gasteiger partial charge on any atom is -0.494 e. The highest BCUT2D eigenvalue weighted by Gasteiger charge is 1.97. The van der Waals surface area contributed by atoms with E-state index in [0.29, 0.717) is 11.4 Å². The number of amides is 1. The Labute approximate surface area is 82.4 Å². The highest BCUT2D eigenvalue weighted by molar-refractivity contribution is 5.76. The van der Waals surface area contributed by atoms with Crippen LogP contribution < -0.4 is 10.5 Å². The van der Waals surface area contributed by atoms with Crippen LogP contribution >= 0.6 is 0 Å². The molecule has 1 aromatic rings. The number of aromatic nitrogens is 1. The summed E-state index contributed by atoms with van der Waals surface area (Å²) in [6.45, 7) is 0. The Bertz CT molecular complexity index is 348. The molecule has 1 aromatic heterocycles. The summed E-state index contributed by atoms with van der Waals surface area (Å²) in [7, 11) is 1.57. The molecule has 0 unspecified atom stereocenters. The van der Waals surface area contributed by atoms with Gasteiger partial charge >= 0.3 is 0 Å². The average molecular weight is 192 g/mol. The number of ether oxygens (including phenoxy) is 1. The predicted molar refractivity (Wildman–Crippen MR) is 53.6 cm³/mol. The SMILES string of the molecule is COc1cccnc1C=CCC(N)=O. The fraction of sp³-hybridized carbons (Fsp3) is 0.200. The second-order valence-electron chi connectivity index (χ2n) is 2.66. The molecule has 2 N–H and O–H groups in total. The summed E-state index contributed by atoms with van der Waals surface area (Å²) in [6.07, 6.45) is 5.24. The van der Waals surface area contributed by atoms with Gasteiger partial charge in [-0.15, -0.1) is 0 Å². The summed E-state index contributed by atoms with van der Waals surface area (Å²) in [4.78, 5) is 14.5. The molecule has 0 saturated carbocycles. The summed E-state index contributed by atoms with van der Waals surface area (Å²) in [6, 6.07) is 3.58. The van der Waals surface area contributed by atoms with Crippen molar-refractivity contribution in [2.75, 3.05) is 7.11 Å². The Balaban J connectivity index is 2.75. The number of carbonyl (C=O) groups is 1. The number of methoxy groups -OCH3 is 1. The van der Waals surface area contributed by atoms with Crippen LogP contribution in [0, 0.1) is 0 Å². The number of carbonyl (C=O) groups excluding carboxylic acids is 1. The van der Waals surface area contributed by atoms with E-state index < -0.39 is 0 Å². The molecule has 4 heteroatoms. The highest BCUT2D eigenvalue weighted by Crippen LogP contribution is 2.15. The van der Waals surface area contributed by atoms with Gasteiger partial charge < -0.3 is 10.5 Å². The maximum absolute atomic E-state index is 10.5. The normalized spacial score (nSPS) is 10.4. The van der Waals surface area contributed by atoms with Gasteiger partial charge in [0.2, 0.25) is 5.91 Å². The molecule has 4 nitrogen and oxygen atoms in total. The van der Waals surface area contributed by atoms with Crippen LogP contribution in [0.15, 0.2) is 24.4 Å². The smallest absolute Gasteiger partial charge is 0.221 e. The first-order valence-electron chi connectivity index (χ1n) is 4.18. The van der Waals surface area contributed by atoms with Crippen molar-refractivity contribution in [2.45, 2.75) is 6.42 Å². The first kappa shape index (κ1) is 10.2. The van der Waals surface area contributed by atoms with Crippen LogP contribution in [0.2, 0.25) is 0 Å². The van der Waals surface area contributed by atoms with Crippen LogP contribution in [-0.2, 0) is 4.79 Å². The fourth-order valence-corrected chi connectivity index (χ4v) is 0.987. The van der Waals surface area contributed by atoms with Crippen molar-refractivity contribution in [3.63, 3.8) is 0 Å². The molecule has 1 rings (SSSR count). The maximum atomic E-state index is 10.5. The van der Waals surface area contributed by atoms with E-state index >= 15 is 0 Å². The van der Waals surface area contributed by atoms with E-state index in [1.165, 1.54) is 0 Å². The van der Waals surface area contributed by atoms with E-state index in [4.69, 9.17) is 10.5 Å². The van der Waals surface area contributed by atoms with Gasteiger partial charge in [0.15, 0.2) is 0 Å². The molecule has 0 radical (unpaired) electrons. The van der Waals surface area contributed by atoms with Crippen molar-refractivity contribution in [1.29, 1.82) is 0 Å². The van der Waals surface area contributed by atoms with Crippen LogP contribution in [0.1, 0.15) is 12.1 Å². The number of nitrogens with two attached hydrogens (primary N) is 1. The third kappa shape index (κ3) is 2.90. The van der Waals surface area contributed by atoms with Crippen LogP contribution in [-0.4, -0.2) is 18.0 Å². The van der Waals surface area contributed by atoms with Crippen molar-refractivity contribution in [1.82, 2.24) is 4.98 Å². The van der Waals surface area contributed by atoms with Crippen molar-refractivity contribution in [2.24, 2.45) is 5.73 Å². The second-order valence-corrected chi connectivity index (χ2v) is 2.66. The molecule has 1 heterocycles. The molecule has 0 bridgehead atoms. The lowest BCUT2D eigenvalue weighted by Gasteiger charge is -2.01. The zero-order valence-corrected chi connectivity index (χ0v) is 7.93. The Morgan fingerprint density at radius 3 is 3.14 bits per heavy atom. The van der Waals surface area contributed by atoms with Gasteiger partial charge in [-0.25, -0.2) is 0 Å². The molecule has 0 fully saturated rings. The molecule has 14 heavy (non-hydrogen) atoms. The predicted octanol–water partition coefficient (Wildman–Crippen LogP) is 0.979. The van der Waals surface area contributed by atoms with Crippen molar-refractivity contribution >= 4 is 12.0 Å². The summed E-state index contributed by atoms with van der Waals surface area (Å²) in [5.74, 6) is 0.310. The third-order valence-electron chi connectivity index (χ3n) is 1.61. The molecule has 0 spiro atoms. The Morgan fingerprint density at radius 2 is 2.50 bits per heavy atom. The van der Waals surface area contributed by atoms with Crippen LogP contribution in [0.3, 0.4) is 0 Å². The van der Waals surface area contributed by atoms with Gasteiger partial charge in [-0.1, -0.05) is 6.08 Å². The summed E-state index contributed by atoms with van der Waals surface area (Å²) in [5.41, 5.74) is 5.68. The first-order valence-corrected chi connectivity index (χ1v) is 4.18. The lowest BCUT2D eigenvalue weighted by atomic mass is 10.2. The quantitative estimate of drug-likeness (QED) is 0.773. The molecule has 0 aliphatic rings. The monoisotopic (exact) mass is 192 g/mol. The van der Waals surface area contributed by atoms with E-state index in [-0.39, 0.29) is 12.3 Å². The molecule has 0 saturated heterocycles. The summed E-state index contributed by atoms with van der Waals surface area (Å²) < 4.78 is 5.07. The zero-order valence-electron chi connectivity index (χ0n) is 7.93. The minimum atomic E-state index is -0.365. The van der Waals surface area contributed by atoms with Gasteiger partial charge in [0, 0.05) is 12.6 Å². The lowest BCUT2D eigenvalue weighted by Crippen LogP contribution is -2.07. The number of nitrogens with zero attached hydrogens (tertiary/aromatic N) is 1. The van der Waals surface area contributed by atoms with Gasteiger partial charge in [-0.2, -0.15) is 0 Å². The number of hydrogen-bond donors (Lipinski definition) is 1. The molecule has 0 aromatic carbocycles. The molecular weight excluding hydrogens is 180 g/mol. The van der Waals surface area contributed by atoms with Gasteiger partial charge in [-0.05, 0) is 18.2 Å². The van der Waals surface area contributed by atoms with E-state index in [2.05, 4.69) is 4.98 Å². The van der Waals surface area contributed by atoms with Gasteiger partial charge in [-0.3, -0.25) is 9.78 Å². The van der Waals surface area contributed by atoms with E-state index in [0.717, 1.165) is 0 Å². The largest absolute Gasteiger partial charge is 0.494 e. The average Bonchev–Trinajstić information content (AvgIpc) is 2.18. The van der Waals surface area contributed by atoms with Crippen molar-refractivity contribution in [3.05, 3.63) is 30.1 Å². The number of primary amides is 1. The number of rotatable bonds is 4. The lowest BCUT2D eigenvalue weighted by molar-refractivity contribution is -0.117. The van der Waals surface area contributed by atoms with Crippen LogP contribution in [0.4, 0.5) is 0 Å². The molecule has 1 amide bonds. The molecule has 0 aliphatic heterocycles. The number of pyridine rings is 1. The molecular formula is C10H12N2O2. The second kappa shape index (κ2) is 5.01. The van der Waals surface area contributed by atoms with Crippen molar-refractivity contribution < 1.29 is 9.53 Å². The van der Waals surface area contributed by atoms with E-state index in [1.807, 2.05) is 0 Å². The Hall–Kier alpha value is -1.84. The Morgan fingerprint density at radius 1 is 1.71 bits per heavy atom. The van der Waals surface area contributed by atoms with Gasteiger partial charge in [0.05, 0.1) is 7.11 Å². The summed E-state index contributed by atoms with van der Waals surface area (Å²) >= 11 is 0. The summed E-state index contributed by atoms with van der Waals surface area (Å²) in [5, 5.41) is 0. The van der Waals surface area contributed by atoms with Gasteiger partial charge in [0.25, 0.3) is 0 Å². The first-order chi connectivity index (χ1) is 6.74. The Kier molecular flexibility index (Phi) is 3.67. The number of hydrogen-bond acceptors (Lipinski definition) is 3. The maximum Gasteiger partial charge on any atom is 0.221 e.